The summed E-state index contributed by atoms with van der Waals surface area (Å²) in [4.78, 5) is 23.0. The van der Waals surface area contributed by atoms with E-state index in [-0.39, 0.29) is 21.8 Å². The Bertz CT molecular complexity index is 1310. The van der Waals surface area contributed by atoms with Gasteiger partial charge >= 0.3 is 0 Å². The van der Waals surface area contributed by atoms with Gasteiger partial charge in [0.1, 0.15) is 5.75 Å². The summed E-state index contributed by atoms with van der Waals surface area (Å²) >= 11 is 6.00. The van der Waals surface area contributed by atoms with E-state index in [4.69, 9.17) is 16.3 Å². The van der Waals surface area contributed by atoms with Crippen LogP contribution in [0.25, 0.3) is 0 Å². The summed E-state index contributed by atoms with van der Waals surface area (Å²) in [5.74, 6) is -0.152. The van der Waals surface area contributed by atoms with Crippen LogP contribution in [0.3, 0.4) is 0 Å². The third kappa shape index (κ3) is 4.82. The van der Waals surface area contributed by atoms with E-state index in [1.165, 1.54) is 26.2 Å². The van der Waals surface area contributed by atoms with Gasteiger partial charge in [0.25, 0.3) is 21.6 Å². The second kappa shape index (κ2) is 9.25. The van der Waals surface area contributed by atoms with Crippen LogP contribution in [-0.4, -0.2) is 26.4 Å². The second-order valence-electron chi connectivity index (χ2n) is 6.61. The van der Waals surface area contributed by atoms with E-state index in [2.05, 4.69) is 10.0 Å². The summed E-state index contributed by atoms with van der Waals surface area (Å²) in [7, 11) is -2.84. The highest BCUT2D eigenvalue weighted by Crippen LogP contribution is 2.31. The lowest BCUT2D eigenvalue weighted by molar-refractivity contribution is -0.385. The van der Waals surface area contributed by atoms with Gasteiger partial charge in [0.15, 0.2) is 0 Å². The highest BCUT2D eigenvalue weighted by atomic mass is 35.5. The van der Waals surface area contributed by atoms with Gasteiger partial charge < -0.3 is 10.1 Å². The predicted octanol–water partition coefficient (Wildman–Crippen LogP) is 4.62. The summed E-state index contributed by atoms with van der Waals surface area (Å²) < 4.78 is 33.4. The lowest BCUT2D eigenvalue weighted by Crippen LogP contribution is -2.19. The maximum Gasteiger partial charge on any atom is 0.275 e. The Hall–Kier alpha value is -3.63. The van der Waals surface area contributed by atoms with Crippen molar-refractivity contribution in [3.8, 4) is 5.75 Å². The van der Waals surface area contributed by atoms with Crippen LogP contribution in [0.5, 0.6) is 5.75 Å². The average Bonchev–Trinajstić information content (AvgIpc) is 2.75. The van der Waals surface area contributed by atoms with Crippen molar-refractivity contribution in [3.63, 3.8) is 0 Å². The Morgan fingerprint density at radius 1 is 1.06 bits per heavy atom. The van der Waals surface area contributed by atoms with Crippen LogP contribution in [0.1, 0.15) is 15.9 Å². The van der Waals surface area contributed by atoms with E-state index in [1.807, 2.05) is 0 Å². The third-order valence-corrected chi connectivity index (χ3v) is 6.31. The summed E-state index contributed by atoms with van der Waals surface area (Å²) in [5.41, 5.74) is 0.139. The molecule has 0 saturated heterocycles. The van der Waals surface area contributed by atoms with Gasteiger partial charge in [-0.25, -0.2) is 8.42 Å². The fourth-order valence-corrected chi connectivity index (χ4v) is 4.30. The molecule has 0 radical (unpaired) electrons. The molecule has 0 bridgehead atoms. The maximum atomic E-state index is 12.9. The molecule has 3 rings (SSSR count). The van der Waals surface area contributed by atoms with Crippen molar-refractivity contribution < 1.29 is 22.9 Å². The molecule has 166 valence electrons. The highest BCUT2D eigenvalue weighted by molar-refractivity contribution is 7.92. The van der Waals surface area contributed by atoms with E-state index in [0.717, 1.165) is 12.1 Å². The standard InChI is InChI=1S/C21H18ClN3O6S/c1-13-16(22)11-14(12-19(13)25(27)28)32(29,30)24-17-8-4-3-7-15(17)21(26)23-18-9-5-6-10-20(18)31-2/h3-12,24H,1-2H3,(H,23,26). The molecular formula is C21H18ClN3O6S. The molecule has 0 aliphatic carbocycles. The van der Waals surface area contributed by atoms with Crippen molar-refractivity contribution in [2.45, 2.75) is 11.8 Å². The molecule has 0 aromatic heterocycles. The molecule has 9 nitrogen and oxygen atoms in total. The van der Waals surface area contributed by atoms with Crippen molar-refractivity contribution in [1.29, 1.82) is 0 Å². The Labute approximate surface area is 189 Å². The Morgan fingerprint density at radius 3 is 2.34 bits per heavy atom. The highest BCUT2D eigenvalue weighted by Gasteiger charge is 2.24. The van der Waals surface area contributed by atoms with Gasteiger partial charge in [0.05, 0.1) is 38.9 Å². The molecule has 0 aliphatic heterocycles. The van der Waals surface area contributed by atoms with Crippen LogP contribution in [-0.2, 0) is 10.0 Å². The number of amides is 1. The minimum Gasteiger partial charge on any atom is -0.495 e. The quantitative estimate of drug-likeness (QED) is 0.379. The number of carbonyl (C=O) groups is 1. The first kappa shape index (κ1) is 23.0. The smallest absolute Gasteiger partial charge is 0.275 e. The van der Waals surface area contributed by atoms with Crippen LogP contribution in [0, 0.1) is 17.0 Å². The summed E-state index contributed by atoms with van der Waals surface area (Å²) in [6, 6.07) is 14.7. The van der Waals surface area contributed by atoms with Crippen molar-refractivity contribution in [1.82, 2.24) is 0 Å². The van der Waals surface area contributed by atoms with Gasteiger partial charge in [0.2, 0.25) is 0 Å². The number of halogens is 1. The SMILES string of the molecule is COc1ccccc1NC(=O)c1ccccc1NS(=O)(=O)c1cc(Cl)c(C)c([N+](=O)[O-])c1. The average molecular weight is 476 g/mol. The zero-order valence-electron chi connectivity index (χ0n) is 17.0. The Kier molecular flexibility index (Phi) is 6.66. The van der Waals surface area contributed by atoms with Gasteiger partial charge in [-0.1, -0.05) is 35.9 Å². The number of nitrogens with zero attached hydrogens (tertiary/aromatic N) is 1. The first-order chi connectivity index (χ1) is 15.1. The molecule has 2 N–H and O–H groups in total. The first-order valence-corrected chi connectivity index (χ1v) is 11.0. The zero-order chi connectivity index (χ0) is 23.5. The summed E-state index contributed by atoms with van der Waals surface area (Å²) in [6.07, 6.45) is 0. The molecule has 0 atom stereocenters. The number of anilines is 2. The first-order valence-electron chi connectivity index (χ1n) is 9.15. The minimum absolute atomic E-state index is 0.0146. The van der Waals surface area contributed by atoms with Crippen molar-refractivity contribution in [2.75, 3.05) is 17.1 Å². The molecular weight excluding hydrogens is 458 g/mol. The van der Waals surface area contributed by atoms with Gasteiger partial charge in [-0.05, 0) is 37.3 Å². The molecule has 0 spiro atoms. The van der Waals surface area contributed by atoms with Crippen LogP contribution in [0.15, 0.2) is 65.6 Å². The van der Waals surface area contributed by atoms with E-state index in [1.54, 1.807) is 36.4 Å². The summed E-state index contributed by atoms with van der Waals surface area (Å²) in [6.45, 7) is 1.42. The number of carbonyl (C=O) groups excluding carboxylic acids is 1. The minimum atomic E-state index is -4.29. The molecule has 0 unspecified atom stereocenters. The molecule has 3 aromatic carbocycles. The molecule has 32 heavy (non-hydrogen) atoms. The Balaban J connectivity index is 1.96. The largest absolute Gasteiger partial charge is 0.495 e. The molecule has 0 fully saturated rings. The molecule has 0 heterocycles. The van der Waals surface area contributed by atoms with Crippen LogP contribution in [0.4, 0.5) is 17.1 Å². The van der Waals surface area contributed by atoms with E-state index < -0.39 is 31.4 Å². The third-order valence-electron chi connectivity index (χ3n) is 4.57. The van der Waals surface area contributed by atoms with Crippen molar-refractivity contribution >= 4 is 44.6 Å². The van der Waals surface area contributed by atoms with Crippen LogP contribution < -0.4 is 14.8 Å². The summed E-state index contributed by atoms with van der Waals surface area (Å²) in [5, 5.41) is 13.9. The van der Waals surface area contributed by atoms with Gasteiger partial charge in [-0.3, -0.25) is 19.6 Å². The van der Waals surface area contributed by atoms with E-state index in [0.29, 0.717) is 11.4 Å². The van der Waals surface area contributed by atoms with Gasteiger partial charge in [-0.2, -0.15) is 0 Å². The zero-order valence-corrected chi connectivity index (χ0v) is 18.5. The second-order valence-corrected chi connectivity index (χ2v) is 8.70. The number of hydrogen-bond donors (Lipinski definition) is 2. The lowest BCUT2D eigenvalue weighted by Gasteiger charge is -2.14. The fraction of sp³-hybridized carbons (Fsp3) is 0.0952. The van der Waals surface area contributed by atoms with E-state index >= 15 is 0 Å². The Morgan fingerprint density at radius 2 is 1.69 bits per heavy atom. The topological polar surface area (TPSA) is 128 Å². The number of rotatable bonds is 7. The fourth-order valence-electron chi connectivity index (χ4n) is 2.90. The van der Waals surface area contributed by atoms with Crippen molar-refractivity contribution in [2.24, 2.45) is 0 Å². The van der Waals surface area contributed by atoms with Crippen molar-refractivity contribution in [3.05, 3.63) is 86.9 Å². The maximum absolute atomic E-state index is 12.9. The number of nitro benzene ring substituents is 1. The van der Waals surface area contributed by atoms with Gasteiger partial charge in [-0.15, -0.1) is 0 Å². The number of para-hydroxylation sites is 3. The number of hydrogen-bond acceptors (Lipinski definition) is 6. The number of sulfonamides is 1. The number of ether oxygens (including phenoxy) is 1. The molecule has 1 amide bonds. The van der Waals surface area contributed by atoms with Crippen LogP contribution in [0.2, 0.25) is 5.02 Å². The number of benzene rings is 3. The number of nitro groups is 1. The molecule has 0 aliphatic rings. The number of nitrogens with one attached hydrogen (secondary N) is 2. The van der Waals surface area contributed by atoms with E-state index in [9.17, 15) is 23.3 Å². The molecule has 3 aromatic rings. The predicted molar refractivity (Wildman–Crippen MR) is 121 cm³/mol. The monoisotopic (exact) mass is 475 g/mol. The number of methoxy groups -OCH3 is 1. The lowest BCUT2D eigenvalue weighted by atomic mass is 10.1. The normalized spacial score (nSPS) is 11.0. The van der Waals surface area contributed by atoms with Gasteiger partial charge in [0, 0.05) is 11.6 Å². The van der Waals surface area contributed by atoms with Crippen LogP contribution >= 0.6 is 11.6 Å². The molecule has 11 heteroatoms. The molecule has 0 saturated carbocycles.